The molecule has 0 N–H and O–H groups in total. The lowest BCUT2D eigenvalue weighted by Gasteiger charge is -2.02. The molecule has 0 aliphatic carbocycles. The zero-order valence-electron chi connectivity index (χ0n) is 10.1. The summed E-state index contributed by atoms with van der Waals surface area (Å²) in [4.78, 5) is 26.9. The molecule has 1 atom stereocenters. The Hall–Kier alpha value is -1.89. The van der Waals surface area contributed by atoms with Crippen molar-refractivity contribution in [2.24, 2.45) is 0 Å². The van der Waals surface area contributed by atoms with Crippen molar-refractivity contribution >= 4 is 11.9 Å². The van der Waals surface area contributed by atoms with Crippen LogP contribution in [0.3, 0.4) is 0 Å². The molecule has 18 heavy (non-hydrogen) atoms. The largest absolute Gasteiger partial charge is 0.464 e. The number of esters is 2. The van der Waals surface area contributed by atoms with Gasteiger partial charge in [0, 0.05) is 6.61 Å². The Balaban J connectivity index is 2.36. The van der Waals surface area contributed by atoms with Gasteiger partial charge >= 0.3 is 11.9 Å². The number of methoxy groups -OCH3 is 2. The summed E-state index contributed by atoms with van der Waals surface area (Å²) >= 11 is 0. The lowest BCUT2D eigenvalue weighted by Crippen LogP contribution is -2.10. The van der Waals surface area contributed by atoms with E-state index in [0.717, 1.165) is 12.8 Å². The number of hydrogen-bond acceptors (Lipinski definition) is 7. The molecule has 1 saturated heterocycles. The summed E-state index contributed by atoms with van der Waals surface area (Å²) in [6.07, 6.45) is 1.29. The average molecular weight is 255 g/mol. The average Bonchev–Trinajstić information content (AvgIpc) is 3.04. The highest BCUT2D eigenvalue weighted by Gasteiger charge is 2.31. The maximum absolute atomic E-state index is 11.5. The predicted molar refractivity (Wildman–Crippen MR) is 57.1 cm³/mol. The smallest absolute Gasteiger partial charge is 0.376 e. The molecule has 0 spiro atoms. The Morgan fingerprint density at radius 2 is 2.00 bits per heavy atom. The first-order valence-corrected chi connectivity index (χ1v) is 5.46. The maximum Gasteiger partial charge on any atom is 0.376 e. The Kier molecular flexibility index (Phi) is 3.61. The summed E-state index contributed by atoms with van der Waals surface area (Å²) in [5, 5.41) is 0. The van der Waals surface area contributed by atoms with E-state index in [9.17, 15) is 9.59 Å². The highest BCUT2D eigenvalue weighted by molar-refractivity contribution is 5.99. The summed E-state index contributed by atoms with van der Waals surface area (Å²) in [7, 11) is 2.39. The molecule has 0 saturated carbocycles. The van der Waals surface area contributed by atoms with Gasteiger partial charge in [-0.15, -0.1) is 0 Å². The second-order valence-corrected chi connectivity index (χ2v) is 3.71. The summed E-state index contributed by atoms with van der Waals surface area (Å²) in [5.41, 5.74) is -0.185. The molecular weight excluding hydrogens is 242 g/mol. The molecule has 1 fully saturated rings. The van der Waals surface area contributed by atoms with E-state index in [1.165, 1.54) is 14.2 Å². The summed E-state index contributed by atoms with van der Waals surface area (Å²) in [5.74, 6) is -1.57. The van der Waals surface area contributed by atoms with Gasteiger partial charge in [-0.1, -0.05) is 0 Å². The maximum atomic E-state index is 11.5. The molecule has 2 heterocycles. The zero-order chi connectivity index (χ0) is 13.1. The lowest BCUT2D eigenvalue weighted by molar-refractivity contribution is 0.0515. The Bertz CT molecular complexity index is 427. The van der Waals surface area contributed by atoms with Gasteiger partial charge in [0.05, 0.1) is 14.2 Å². The topological polar surface area (TPSA) is 87.9 Å². The Morgan fingerprint density at radius 3 is 2.56 bits per heavy atom. The van der Waals surface area contributed by atoms with Crippen molar-refractivity contribution < 1.29 is 28.2 Å². The molecule has 98 valence electrons. The van der Waals surface area contributed by atoms with Crippen LogP contribution in [0.4, 0.5) is 0 Å². The minimum Gasteiger partial charge on any atom is -0.464 e. The van der Waals surface area contributed by atoms with Crippen LogP contribution in [0, 0.1) is 0 Å². The number of rotatable bonds is 3. The van der Waals surface area contributed by atoms with Gasteiger partial charge < -0.3 is 18.6 Å². The van der Waals surface area contributed by atoms with Crippen LogP contribution in [-0.4, -0.2) is 37.7 Å². The zero-order valence-corrected chi connectivity index (χ0v) is 10.1. The first-order valence-electron chi connectivity index (χ1n) is 5.46. The number of hydrogen-bond donors (Lipinski definition) is 0. The van der Waals surface area contributed by atoms with Crippen LogP contribution in [-0.2, 0) is 14.2 Å². The second-order valence-electron chi connectivity index (χ2n) is 3.71. The fourth-order valence-corrected chi connectivity index (χ4v) is 1.71. The van der Waals surface area contributed by atoms with Gasteiger partial charge in [-0.2, -0.15) is 0 Å². The minimum atomic E-state index is -0.771. The van der Waals surface area contributed by atoms with E-state index < -0.39 is 11.9 Å². The second kappa shape index (κ2) is 5.18. The highest BCUT2D eigenvalue weighted by atomic mass is 16.5. The van der Waals surface area contributed by atoms with Gasteiger partial charge in [-0.25, -0.2) is 14.6 Å². The van der Waals surface area contributed by atoms with Crippen molar-refractivity contribution in [3.8, 4) is 0 Å². The van der Waals surface area contributed by atoms with Crippen molar-refractivity contribution in [1.82, 2.24) is 4.98 Å². The fourth-order valence-electron chi connectivity index (χ4n) is 1.71. The standard InChI is InChI=1S/C11H13NO6/c1-15-10(13)7-8(11(14)16-2)18-9(12-7)6-4-3-5-17-6/h6H,3-5H2,1-2H3. The van der Waals surface area contributed by atoms with Crippen molar-refractivity contribution in [3.05, 3.63) is 17.3 Å². The first kappa shape index (κ1) is 12.6. The molecule has 7 nitrogen and oxygen atoms in total. The van der Waals surface area contributed by atoms with Crippen molar-refractivity contribution in [2.45, 2.75) is 18.9 Å². The fraction of sp³-hybridized carbons (Fsp3) is 0.545. The molecule has 1 aromatic heterocycles. The number of ether oxygens (including phenoxy) is 3. The number of carbonyl (C=O) groups excluding carboxylic acids is 2. The molecule has 0 bridgehead atoms. The van der Waals surface area contributed by atoms with Crippen LogP contribution >= 0.6 is 0 Å². The van der Waals surface area contributed by atoms with E-state index >= 15 is 0 Å². The molecule has 0 amide bonds. The van der Waals surface area contributed by atoms with Crippen molar-refractivity contribution in [2.75, 3.05) is 20.8 Å². The number of nitrogens with zero attached hydrogens (tertiary/aromatic N) is 1. The summed E-state index contributed by atoms with van der Waals surface area (Å²) in [6, 6.07) is 0. The third-order valence-corrected chi connectivity index (χ3v) is 2.60. The van der Waals surface area contributed by atoms with Crippen LogP contribution in [0.5, 0.6) is 0 Å². The van der Waals surface area contributed by atoms with Gasteiger partial charge in [0.25, 0.3) is 0 Å². The van der Waals surface area contributed by atoms with Crippen molar-refractivity contribution in [1.29, 1.82) is 0 Å². The van der Waals surface area contributed by atoms with E-state index in [0.29, 0.717) is 6.61 Å². The summed E-state index contributed by atoms with van der Waals surface area (Å²) < 4.78 is 19.7. The normalized spacial score (nSPS) is 18.7. The van der Waals surface area contributed by atoms with E-state index in [1.807, 2.05) is 0 Å². The predicted octanol–water partition coefficient (Wildman–Crippen LogP) is 1.10. The van der Waals surface area contributed by atoms with Gasteiger partial charge in [-0.05, 0) is 12.8 Å². The van der Waals surface area contributed by atoms with Gasteiger partial charge in [0.1, 0.15) is 6.10 Å². The van der Waals surface area contributed by atoms with E-state index in [-0.39, 0.29) is 23.4 Å². The van der Waals surface area contributed by atoms with Crippen LogP contribution in [0.2, 0.25) is 0 Å². The Labute approximate surface area is 103 Å². The molecule has 1 aromatic rings. The van der Waals surface area contributed by atoms with Gasteiger partial charge in [0.2, 0.25) is 17.3 Å². The molecule has 7 heteroatoms. The molecule has 0 aromatic carbocycles. The van der Waals surface area contributed by atoms with E-state index in [4.69, 9.17) is 9.15 Å². The minimum absolute atomic E-state index is 0.185. The Morgan fingerprint density at radius 1 is 1.28 bits per heavy atom. The lowest BCUT2D eigenvalue weighted by atomic mass is 10.2. The highest BCUT2D eigenvalue weighted by Crippen LogP contribution is 2.29. The number of carbonyl (C=O) groups is 2. The third kappa shape index (κ3) is 2.21. The molecule has 1 aliphatic heterocycles. The van der Waals surface area contributed by atoms with E-state index in [2.05, 4.69) is 14.5 Å². The molecule has 0 radical (unpaired) electrons. The van der Waals surface area contributed by atoms with Gasteiger partial charge in [0.15, 0.2) is 0 Å². The number of oxazole rings is 1. The monoisotopic (exact) mass is 255 g/mol. The first-order chi connectivity index (χ1) is 8.67. The van der Waals surface area contributed by atoms with E-state index in [1.54, 1.807) is 0 Å². The molecular formula is C11H13NO6. The van der Waals surface area contributed by atoms with Crippen molar-refractivity contribution in [3.63, 3.8) is 0 Å². The molecule has 1 unspecified atom stereocenters. The van der Waals surface area contributed by atoms with Crippen LogP contribution in [0.25, 0.3) is 0 Å². The number of aromatic nitrogens is 1. The SMILES string of the molecule is COC(=O)c1nc(C2CCCO2)oc1C(=O)OC. The molecule has 1 aliphatic rings. The van der Waals surface area contributed by atoms with Crippen LogP contribution in [0.1, 0.15) is 45.9 Å². The molecule has 2 rings (SSSR count). The van der Waals surface area contributed by atoms with Crippen LogP contribution in [0.15, 0.2) is 4.42 Å². The third-order valence-electron chi connectivity index (χ3n) is 2.60. The van der Waals surface area contributed by atoms with Crippen LogP contribution < -0.4 is 0 Å². The summed E-state index contributed by atoms with van der Waals surface area (Å²) in [6.45, 7) is 0.605. The quantitative estimate of drug-likeness (QED) is 0.747. The van der Waals surface area contributed by atoms with Gasteiger partial charge in [-0.3, -0.25) is 0 Å².